The fraction of sp³-hybridized carbons (Fsp3) is 0.389. The van der Waals surface area contributed by atoms with E-state index in [1.165, 1.54) is 18.1 Å². The third-order valence-electron chi connectivity index (χ3n) is 3.89. The molecule has 0 aromatic heterocycles. The lowest BCUT2D eigenvalue weighted by Crippen LogP contribution is -2.40. The van der Waals surface area contributed by atoms with Gasteiger partial charge in [0.1, 0.15) is 12.3 Å². The number of amides is 2. The van der Waals surface area contributed by atoms with Crippen LogP contribution in [0.1, 0.15) is 12.0 Å². The van der Waals surface area contributed by atoms with E-state index < -0.39 is 24.4 Å². The van der Waals surface area contributed by atoms with Crippen LogP contribution in [-0.4, -0.2) is 55.2 Å². The molecule has 1 fully saturated rings. The van der Waals surface area contributed by atoms with Gasteiger partial charge in [-0.3, -0.25) is 19.7 Å². The molecule has 2 unspecified atom stereocenters. The van der Waals surface area contributed by atoms with Crippen LogP contribution >= 0.6 is 0 Å². The van der Waals surface area contributed by atoms with Gasteiger partial charge in [0.25, 0.3) is 5.91 Å². The Morgan fingerprint density at radius 3 is 2.85 bits per heavy atom. The summed E-state index contributed by atoms with van der Waals surface area (Å²) in [6.45, 7) is -0.649. The molecule has 0 bridgehead atoms. The first-order valence-electron chi connectivity index (χ1n) is 8.02. The second kappa shape index (κ2) is 9.21. The fourth-order valence-electron chi connectivity index (χ4n) is 2.56. The van der Waals surface area contributed by atoms with Crippen molar-refractivity contribution in [2.24, 2.45) is 0 Å². The molecular weight excluding hydrogens is 343 g/mol. The Morgan fingerprint density at radius 1 is 1.46 bits per heavy atom. The molecule has 1 aromatic rings. The third-order valence-corrected chi connectivity index (χ3v) is 3.89. The van der Waals surface area contributed by atoms with E-state index in [0.29, 0.717) is 0 Å². The molecule has 0 aliphatic carbocycles. The van der Waals surface area contributed by atoms with E-state index in [0.717, 1.165) is 11.6 Å². The SMILES string of the molecule is CN(/C=C\C(=O)NC=O)C1OC(CF)(COCc2ccccc2)CC1=O. The van der Waals surface area contributed by atoms with Crippen LogP contribution in [0.3, 0.4) is 0 Å². The number of carbonyl (C=O) groups is 3. The van der Waals surface area contributed by atoms with E-state index in [9.17, 15) is 18.8 Å². The largest absolute Gasteiger partial charge is 0.374 e. The van der Waals surface area contributed by atoms with Crippen molar-refractivity contribution in [1.29, 1.82) is 0 Å². The molecule has 0 saturated carbocycles. The summed E-state index contributed by atoms with van der Waals surface area (Å²) in [6.07, 6.45) is 1.47. The summed E-state index contributed by atoms with van der Waals surface area (Å²) in [7, 11) is 1.52. The molecule has 2 rings (SSSR count). The molecule has 1 aliphatic heterocycles. The predicted octanol–water partition coefficient (Wildman–Crippen LogP) is 0.945. The summed E-state index contributed by atoms with van der Waals surface area (Å²) in [5.74, 6) is -0.950. The summed E-state index contributed by atoms with van der Waals surface area (Å²) in [6, 6.07) is 9.40. The highest BCUT2D eigenvalue weighted by Crippen LogP contribution is 2.30. The van der Waals surface area contributed by atoms with Gasteiger partial charge in [0.2, 0.25) is 6.41 Å². The zero-order valence-electron chi connectivity index (χ0n) is 14.4. The van der Waals surface area contributed by atoms with Crippen molar-refractivity contribution in [3.05, 3.63) is 48.2 Å². The maximum Gasteiger partial charge on any atom is 0.251 e. The summed E-state index contributed by atoms with van der Waals surface area (Å²) >= 11 is 0. The molecule has 8 heteroatoms. The highest BCUT2D eigenvalue weighted by molar-refractivity contribution is 5.94. The predicted molar refractivity (Wildman–Crippen MR) is 90.4 cm³/mol. The maximum atomic E-state index is 13.6. The lowest BCUT2D eigenvalue weighted by molar-refractivity contribution is -0.144. The number of rotatable bonds is 9. The van der Waals surface area contributed by atoms with Crippen LogP contribution in [0.2, 0.25) is 0 Å². The van der Waals surface area contributed by atoms with Gasteiger partial charge in [-0.1, -0.05) is 30.3 Å². The minimum absolute atomic E-state index is 0.0657. The highest BCUT2D eigenvalue weighted by Gasteiger charge is 2.47. The Bertz CT molecular complexity index is 667. The van der Waals surface area contributed by atoms with E-state index >= 15 is 0 Å². The number of benzene rings is 1. The van der Waals surface area contributed by atoms with E-state index in [2.05, 4.69) is 0 Å². The number of carbonyl (C=O) groups excluding carboxylic acids is 3. The van der Waals surface area contributed by atoms with Gasteiger partial charge in [0.15, 0.2) is 12.0 Å². The van der Waals surface area contributed by atoms with Crippen molar-refractivity contribution in [3.63, 3.8) is 0 Å². The van der Waals surface area contributed by atoms with E-state index in [4.69, 9.17) is 9.47 Å². The molecule has 26 heavy (non-hydrogen) atoms. The number of likely N-dealkylation sites (N-methyl/N-ethyl adjacent to an activating group) is 1. The van der Waals surface area contributed by atoms with Crippen LogP contribution in [-0.2, 0) is 30.5 Å². The number of Topliss-reactive ketones (excluding diaryl/α,β-unsaturated/α-hetero) is 1. The minimum atomic E-state index is -1.34. The number of ketones is 1. The molecular formula is C18H21FN2O5. The Kier molecular flexibility index (Phi) is 6.99. The van der Waals surface area contributed by atoms with Gasteiger partial charge in [-0.2, -0.15) is 0 Å². The number of nitrogens with zero attached hydrogens (tertiary/aromatic N) is 1. The van der Waals surface area contributed by atoms with E-state index in [-0.39, 0.29) is 31.8 Å². The van der Waals surface area contributed by atoms with Crippen molar-refractivity contribution in [3.8, 4) is 0 Å². The second-order valence-corrected chi connectivity index (χ2v) is 6.02. The number of hydrogen-bond acceptors (Lipinski definition) is 6. The van der Waals surface area contributed by atoms with Crippen LogP contribution in [0.4, 0.5) is 4.39 Å². The Balaban J connectivity index is 1.93. The number of imide groups is 1. The van der Waals surface area contributed by atoms with E-state index in [1.54, 1.807) is 0 Å². The number of hydrogen-bond donors (Lipinski definition) is 1. The van der Waals surface area contributed by atoms with Gasteiger partial charge in [0.05, 0.1) is 13.2 Å². The molecule has 0 spiro atoms. The lowest BCUT2D eigenvalue weighted by atomic mass is 10.0. The van der Waals surface area contributed by atoms with Gasteiger partial charge in [0, 0.05) is 25.7 Å². The Labute approximate surface area is 150 Å². The molecule has 1 aromatic carbocycles. The van der Waals surface area contributed by atoms with Crippen molar-refractivity contribution < 1.29 is 28.2 Å². The van der Waals surface area contributed by atoms with E-state index in [1.807, 2.05) is 35.6 Å². The minimum Gasteiger partial charge on any atom is -0.374 e. The maximum absolute atomic E-state index is 13.6. The Morgan fingerprint density at radius 2 is 2.19 bits per heavy atom. The average molecular weight is 364 g/mol. The number of alkyl halides is 1. The Hall–Kier alpha value is -2.58. The summed E-state index contributed by atoms with van der Waals surface area (Å²) < 4.78 is 24.8. The molecule has 1 saturated heterocycles. The van der Waals surface area contributed by atoms with Gasteiger partial charge < -0.3 is 14.4 Å². The molecule has 1 N–H and O–H groups in total. The molecule has 140 valence electrons. The first-order valence-corrected chi connectivity index (χ1v) is 8.02. The van der Waals surface area contributed by atoms with Crippen LogP contribution in [0.5, 0.6) is 0 Å². The number of nitrogens with one attached hydrogen (secondary N) is 1. The summed E-state index contributed by atoms with van der Waals surface area (Å²) in [5.41, 5.74) is -0.410. The van der Waals surface area contributed by atoms with Crippen LogP contribution in [0, 0.1) is 0 Å². The summed E-state index contributed by atoms with van der Waals surface area (Å²) in [4.78, 5) is 35.0. The molecule has 7 nitrogen and oxygen atoms in total. The molecule has 0 radical (unpaired) electrons. The van der Waals surface area contributed by atoms with Gasteiger partial charge in [-0.15, -0.1) is 0 Å². The molecule has 1 aliphatic rings. The van der Waals surface area contributed by atoms with Gasteiger partial charge >= 0.3 is 0 Å². The molecule has 1 heterocycles. The monoisotopic (exact) mass is 364 g/mol. The molecule has 2 amide bonds. The number of halogens is 1. The lowest BCUT2D eigenvalue weighted by Gasteiger charge is -2.27. The highest BCUT2D eigenvalue weighted by atomic mass is 19.1. The standard InChI is InChI=1S/C18H21FN2O5/c1-21(8-7-16(24)20-13-22)17-15(23)9-18(11-19,26-17)12-25-10-14-5-3-2-4-6-14/h2-8,13,17H,9-12H2,1H3,(H,20,22,24)/b8-7-. The topological polar surface area (TPSA) is 84.9 Å². The second-order valence-electron chi connectivity index (χ2n) is 6.02. The third kappa shape index (κ3) is 5.21. The van der Waals surface area contributed by atoms with Gasteiger partial charge in [-0.05, 0) is 5.56 Å². The van der Waals surface area contributed by atoms with Crippen molar-refractivity contribution >= 4 is 18.1 Å². The van der Waals surface area contributed by atoms with Crippen LogP contribution < -0.4 is 5.32 Å². The van der Waals surface area contributed by atoms with Crippen molar-refractivity contribution in [2.75, 3.05) is 20.3 Å². The first-order chi connectivity index (χ1) is 12.5. The van der Waals surface area contributed by atoms with Crippen molar-refractivity contribution in [1.82, 2.24) is 10.2 Å². The first kappa shape index (κ1) is 19.7. The fourth-order valence-corrected chi connectivity index (χ4v) is 2.56. The summed E-state index contributed by atoms with van der Waals surface area (Å²) in [5, 5.41) is 1.93. The van der Waals surface area contributed by atoms with Crippen molar-refractivity contribution in [2.45, 2.75) is 24.9 Å². The average Bonchev–Trinajstić information content (AvgIpc) is 2.98. The quantitative estimate of drug-likeness (QED) is 0.519. The number of ether oxygens (including phenoxy) is 2. The van der Waals surface area contributed by atoms with Crippen LogP contribution in [0.25, 0.3) is 0 Å². The smallest absolute Gasteiger partial charge is 0.251 e. The zero-order chi connectivity index (χ0) is 19.0. The molecule has 2 atom stereocenters. The van der Waals surface area contributed by atoms with Crippen LogP contribution in [0.15, 0.2) is 42.6 Å². The zero-order valence-corrected chi connectivity index (χ0v) is 14.4. The van der Waals surface area contributed by atoms with Gasteiger partial charge in [-0.25, -0.2) is 4.39 Å². The normalized spacial score (nSPS) is 22.5.